The fourth-order valence-electron chi connectivity index (χ4n) is 7.51. The van der Waals surface area contributed by atoms with Crippen molar-refractivity contribution in [1.29, 1.82) is 0 Å². The van der Waals surface area contributed by atoms with Gasteiger partial charge in [-0.05, 0) is 85.3 Å². The normalized spacial score (nSPS) is 12.6. The van der Waals surface area contributed by atoms with Crippen molar-refractivity contribution in [3.05, 3.63) is 187 Å². The van der Waals surface area contributed by atoms with Crippen LogP contribution in [0.5, 0.6) is 0 Å². The van der Waals surface area contributed by atoms with Crippen LogP contribution in [-0.4, -0.2) is 29.9 Å². The van der Waals surface area contributed by atoms with Crippen LogP contribution in [0.25, 0.3) is 95.0 Å². The second-order valence-electron chi connectivity index (χ2n) is 15.3. The zero-order valence-electron chi connectivity index (χ0n) is 34.8. The van der Waals surface area contributed by atoms with Gasteiger partial charge in [-0.15, -0.1) is 0 Å². The van der Waals surface area contributed by atoms with Gasteiger partial charge in [0.15, 0.2) is 0 Å². The summed E-state index contributed by atoms with van der Waals surface area (Å²) in [6.07, 6.45) is -7.24. The van der Waals surface area contributed by atoms with Crippen molar-refractivity contribution in [3.63, 3.8) is 0 Å². The second kappa shape index (κ2) is 17.1. The van der Waals surface area contributed by atoms with Crippen molar-refractivity contribution >= 4 is 38.7 Å². The molecule has 332 valence electrons. The van der Waals surface area contributed by atoms with E-state index in [0.717, 1.165) is 36.4 Å². The van der Waals surface area contributed by atoms with Gasteiger partial charge in [0.05, 0.1) is 84.0 Å². The lowest BCUT2D eigenvalue weighted by molar-refractivity contribution is -0.138. The summed E-state index contributed by atoms with van der Waals surface area (Å²) < 4.78 is 126. The Morgan fingerprint density at radius 1 is 0.388 bits per heavy atom. The van der Waals surface area contributed by atoms with Gasteiger partial charge in [0.2, 0.25) is 0 Å². The number of rotatable bonds is 8. The van der Waals surface area contributed by atoms with Crippen LogP contribution in [0.15, 0.2) is 164 Å². The van der Waals surface area contributed by atoms with E-state index in [4.69, 9.17) is 29.9 Å². The zero-order valence-corrected chi connectivity index (χ0v) is 34.8. The van der Waals surface area contributed by atoms with Gasteiger partial charge in [-0.25, -0.2) is 29.9 Å². The smallest absolute Gasteiger partial charge is 0.244 e. The Bertz CT molecular complexity index is 3290. The van der Waals surface area contributed by atoms with Gasteiger partial charge in [-0.2, -0.15) is 39.5 Å². The summed E-state index contributed by atoms with van der Waals surface area (Å²) >= 11 is 0. The van der Waals surface area contributed by atoms with E-state index in [0.29, 0.717) is 27.8 Å². The predicted molar refractivity (Wildman–Crippen MR) is 241 cm³/mol. The molecule has 0 radical (unpaired) electrons. The van der Waals surface area contributed by atoms with Crippen molar-refractivity contribution in [3.8, 4) is 56.3 Å². The maximum Gasteiger partial charge on any atom is 0.416 e. The van der Waals surface area contributed by atoms with Gasteiger partial charge < -0.3 is 0 Å². The van der Waals surface area contributed by atoms with Crippen LogP contribution in [0.3, 0.4) is 0 Å². The van der Waals surface area contributed by atoms with E-state index < -0.39 is 35.2 Å². The maximum atomic E-state index is 14.0. The maximum absolute atomic E-state index is 14.0. The Kier molecular flexibility index (Phi) is 11.2. The van der Waals surface area contributed by atoms with Crippen LogP contribution in [0.4, 0.5) is 39.5 Å². The highest BCUT2D eigenvalue weighted by Gasteiger charge is 2.33. The summed E-state index contributed by atoms with van der Waals surface area (Å²) in [4.78, 5) is 28.9. The van der Waals surface area contributed by atoms with Gasteiger partial charge in [0.25, 0.3) is 0 Å². The molecule has 67 heavy (non-hydrogen) atoms. The molecular formula is C52H31F9N6. The molecule has 0 saturated carbocycles. The van der Waals surface area contributed by atoms with Crippen molar-refractivity contribution in [2.75, 3.05) is 0 Å². The molecule has 0 unspecified atom stereocenters. The fraction of sp³-hybridized carbons (Fsp3) is 0.0769. The summed E-state index contributed by atoms with van der Waals surface area (Å²) in [5, 5.41) is 0. The summed E-state index contributed by atoms with van der Waals surface area (Å²) in [5.41, 5.74) is 0.788. The largest absolute Gasteiger partial charge is 0.416 e. The number of halogens is 9. The third-order valence-corrected chi connectivity index (χ3v) is 10.7. The molecule has 0 aliphatic heterocycles. The third kappa shape index (κ3) is 9.00. The highest BCUT2D eigenvalue weighted by molar-refractivity contribution is 5.95. The molecule has 0 spiro atoms. The third-order valence-electron chi connectivity index (χ3n) is 10.7. The van der Waals surface area contributed by atoms with E-state index in [-0.39, 0.29) is 72.8 Å². The SMILES string of the molecule is C=C(/C=C\C=C/C)c1nc2cc(C(F)(F)F)ccc2nc1-c1cc(-c2nc3ccc(C(F)(F)F)cc3nc2-c2ccccc2)cc(-c2nc3ccc(C(F)(F)F)cc3nc2-c2ccccc2)c1. The summed E-state index contributed by atoms with van der Waals surface area (Å²) in [5.74, 6) is 0. The van der Waals surface area contributed by atoms with Crippen LogP contribution in [-0.2, 0) is 18.5 Å². The highest BCUT2D eigenvalue weighted by Crippen LogP contribution is 2.42. The Hall–Kier alpha value is -8.07. The van der Waals surface area contributed by atoms with E-state index in [1.165, 1.54) is 18.2 Å². The lowest BCUT2D eigenvalue weighted by Crippen LogP contribution is -2.06. The molecule has 3 heterocycles. The molecule has 0 N–H and O–H groups in total. The number of benzene rings is 6. The molecule has 15 heteroatoms. The number of nitrogens with zero attached hydrogens (tertiary/aromatic N) is 6. The first-order chi connectivity index (χ1) is 31.9. The zero-order chi connectivity index (χ0) is 47.3. The van der Waals surface area contributed by atoms with E-state index in [1.54, 1.807) is 110 Å². The number of aromatic nitrogens is 6. The van der Waals surface area contributed by atoms with E-state index >= 15 is 0 Å². The lowest BCUT2D eigenvalue weighted by Gasteiger charge is -2.17. The van der Waals surface area contributed by atoms with Crippen molar-refractivity contribution in [1.82, 2.24) is 29.9 Å². The summed E-state index contributed by atoms with van der Waals surface area (Å²) in [6, 6.07) is 31.5. The van der Waals surface area contributed by atoms with Gasteiger partial charge in [0.1, 0.15) is 0 Å². The Labute approximate surface area is 375 Å². The van der Waals surface area contributed by atoms with Crippen molar-refractivity contribution in [2.45, 2.75) is 25.5 Å². The summed E-state index contributed by atoms with van der Waals surface area (Å²) in [6.45, 7) is 5.99. The molecule has 3 aromatic heterocycles. The molecule has 0 aliphatic rings. The van der Waals surface area contributed by atoms with Crippen molar-refractivity contribution < 1.29 is 39.5 Å². The monoisotopic (exact) mass is 910 g/mol. The molecule has 0 atom stereocenters. The van der Waals surface area contributed by atoms with Gasteiger partial charge in [-0.3, -0.25) is 0 Å². The first-order valence-corrected chi connectivity index (χ1v) is 20.4. The average molecular weight is 911 g/mol. The predicted octanol–water partition coefficient (Wildman–Crippen LogP) is 15.1. The molecule has 0 fully saturated rings. The minimum absolute atomic E-state index is 0.0380. The lowest BCUT2D eigenvalue weighted by atomic mass is 9.93. The number of alkyl halides is 9. The van der Waals surface area contributed by atoms with Crippen LogP contribution >= 0.6 is 0 Å². The van der Waals surface area contributed by atoms with Crippen LogP contribution < -0.4 is 0 Å². The molecule has 0 bridgehead atoms. The van der Waals surface area contributed by atoms with E-state index in [2.05, 4.69) is 6.58 Å². The second-order valence-corrected chi connectivity index (χ2v) is 15.3. The van der Waals surface area contributed by atoms with Crippen LogP contribution in [0, 0.1) is 0 Å². The Balaban J connectivity index is 1.39. The molecule has 9 aromatic rings. The molecule has 9 rings (SSSR count). The topological polar surface area (TPSA) is 77.3 Å². The van der Waals surface area contributed by atoms with E-state index in [9.17, 15) is 39.5 Å². The Morgan fingerprint density at radius 3 is 1.12 bits per heavy atom. The molecule has 6 aromatic carbocycles. The van der Waals surface area contributed by atoms with Crippen LogP contribution in [0.1, 0.15) is 29.3 Å². The quantitative estimate of drug-likeness (QED) is 0.112. The first-order valence-electron chi connectivity index (χ1n) is 20.4. The fourth-order valence-corrected chi connectivity index (χ4v) is 7.51. The number of hydrogen-bond donors (Lipinski definition) is 0. The highest BCUT2D eigenvalue weighted by atomic mass is 19.4. The number of fused-ring (bicyclic) bond motifs is 3. The van der Waals surface area contributed by atoms with E-state index in [1.807, 2.05) is 0 Å². The molecule has 0 aliphatic carbocycles. The molecular weight excluding hydrogens is 880 g/mol. The minimum atomic E-state index is -4.68. The first kappa shape index (κ1) is 44.1. The van der Waals surface area contributed by atoms with Crippen LogP contribution in [0.2, 0.25) is 0 Å². The number of hydrogen-bond acceptors (Lipinski definition) is 6. The van der Waals surface area contributed by atoms with Gasteiger partial charge >= 0.3 is 18.5 Å². The number of allylic oxidation sites excluding steroid dienone is 5. The van der Waals surface area contributed by atoms with Gasteiger partial charge in [-0.1, -0.05) is 91.5 Å². The standard InChI is InChI=1S/C52H31F9N6/c1-3-4-7-12-29(2)44-47(62-38-20-17-35(50(53,54)55)26-41(38)65-44)32-23-33(48-45(30-13-8-5-9-14-30)66-42-27-36(51(56,57)58)18-21-39(42)63-48)25-34(24-32)49-46(31-15-10-6-11-16-31)67-43-28-37(52(59,60)61)19-22-40(43)64-49/h3-28H,2H2,1H3/b4-3-,12-7-. The molecule has 0 amide bonds. The molecule has 0 saturated heterocycles. The summed E-state index contributed by atoms with van der Waals surface area (Å²) in [7, 11) is 0. The Morgan fingerprint density at radius 2 is 0.731 bits per heavy atom. The van der Waals surface area contributed by atoms with Crippen molar-refractivity contribution in [2.24, 2.45) is 0 Å². The minimum Gasteiger partial charge on any atom is -0.244 e. The van der Waals surface area contributed by atoms with Gasteiger partial charge in [0, 0.05) is 27.8 Å². The molecule has 6 nitrogen and oxygen atoms in total. The average Bonchev–Trinajstić information content (AvgIpc) is 3.31.